The van der Waals surface area contributed by atoms with Crippen LogP contribution in [-0.2, 0) is 6.42 Å². The van der Waals surface area contributed by atoms with Gasteiger partial charge in [-0.3, -0.25) is 0 Å². The molecule has 96 valence electrons. The zero-order valence-corrected chi connectivity index (χ0v) is 11.8. The molecule has 2 aromatic carbocycles. The Morgan fingerprint density at radius 2 is 1.89 bits per heavy atom. The Labute approximate surface area is 118 Å². The first kappa shape index (κ1) is 13.5. The van der Waals surface area contributed by atoms with Crippen LogP contribution in [0.5, 0.6) is 5.75 Å². The van der Waals surface area contributed by atoms with Crippen LogP contribution in [0.25, 0.3) is 0 Å². The van der Waals surface area contributed by atoms with Gasteiger partial charge >= 0.3 is 0 Å². The average molecular weight is 269 g/mol. The Hall–Kier alpha value is -1.92. The predicted octanol–water partition coefficient (Wildman–Crippen LogP) is 4.28. The number of ether oxygens (including phenoxy) is 1. The van der Waals surface area contributed by atoms with Crippen molar-refractivity contribution in [3.8, 4) is 11.8 Å². The summed E-state index contributed by atoms with van der Waals surface area (Å²) in [6, 6.07) is 16.0. The van der Waals surface area contributed by atoms with Gasteiger partial charge in [0.05, 0.1) is 23.6 Å². The van der Waals surface area contributed by atoms with Gasteiger partial charge in [-0.25, -0.2) is 0 Å². The Bertz CT molecular complexity index is 599. The van der Waals surface area contributed by atoms with Crippen LogP contribution in [0.1, 0.15) is 18.1 Å². The Balaban J connectivity index is 2.24. The van der Waals surface area contributed by atoms with E-state index in [1.165, 1.54) is 5.56 Å². The van der Waals surface area contributed by atoms with Gasteiger partial charge in [-0.05, 0) is 48.4 Å². The van der Waals surface area contributed by atoms with Gasteiger partial charge in [0.25, 0.3) is 0 Å². The molecule has 2 aromatic rings. The van der Waals surface area contributed by atoms with E-state index in [1.54, 1.807) is 18.9 Å². The summed E-state index contributed by atoms with van der Waals surface area (Å²) >= 11 is 1.64. The van der Waals surface area contributed by atoms with Crippen LogP contribution in [0, 0.1) is 11.3 Å². The molecule has 0 atom stereocenters. The molecule has 2 rings (SSSR count). The van der Waals surface area contributed by atoms with Crippen molar-refractivity contribution in [2.45, 2.75) is 23.1 Å². The standard InChI is InChI=1S/C16H15NOS/c1-3-12-6-9-16(15(10-12)18-2)19-14-7-4-13(11-17)5-8-14/h4-10H,3H2,1-2H3. The summed E-state index contributed by atoms with van der Waals surface area (Å²) in [5, 5.41) is 8.78. The Morgan fingerprint density at radius 1 is 1.16 bits per heavy atom. The van der Waals surface area contributed by atoms with Crippen LogP contribution in [0.4, 0.5) is 0 Å². The number of benzene rings is 2. The first-order valence-electron chi connectivity index (χ1n) is 6.11. The van der Waals surface area contributed by atoms with E-state index in [-0.39, 0.29) is 0 Å². The van der Waals surface area contributed by atoms with Crippen LogP contribution < -0.4 is 4.74 Å². The maximum absolute atomic E-state index is 8.78. The topological polar surface area (TPSA) is 33.0 Å². The minimum atomic E-state index is 0.678. The van der Waals surface area contributed by atoms with Crippen molar-refractivity contribution in [3.63, 3.8) is 0 Å². The molecule has 0 bridgehead atoms. The number of methoxy groups -OCH3 is 1. The SMILES string of the molecule is CCc1ccc(Sc2ccc(C#N)cc2)c(OC)c1. The van der Waals surface area contributed by atoms with Gasteiger partial charge in [0, 0.05) is 4.90 Å². The zero-order chi connectivity index (χ0) is 13.7. The first-order chi connectivity index (χ1) is 9.26. The molecular formula is C16H15NOS. The van der Waals surface area contributed by atoms with E-state index in [0.717, 1.165) is 22.0 Å². The van der Waals surface area contributed by atoms with Crippen molar-refractivity contribution in [2.75, 3.05) is 7.11 Å². The molecule has 19 heavy (non-hydrogen) atoms. The van der Waals surface area contributed by atoms with Crippen molar-refractivity contribution in [1.29, 1.82) is 5.26 Å². The van der Waals surface area contributed by atoms with Gasteiger partial charge in [-0.1, -0.05) is 24.8 Å². The molecule has 0 radical (unpaired) electrons. The van der Waals surface area contributed by atoms with Gasteiger partial charge in [0.1, 0.15) is 5.75 Å². The Kier molecular flexibility index (Phi) is 4.48. The normalized spacial score (nSPS) is 9.95. The van der Waals surface area contributed by atoms with E-state index >= 15 is 0 Å². The van der Waals surface area contributed by atoms with Gasteiger partial charge < -0.3 is 4.74 Å². The van der Waals surface area contributed by atoms with Crippen LogP contribution in [-0.4, -0.2) is 7.11 Å². The van der Waals surface area contributed by atoms with Crippen LogP contribution in [0.15, 0.2) is 52.3 Å². The highest BCUT2D eigenvalue weighted by Crippen LogP contribution is 2.35. The smallest absolute Gasteiger partial charge is 0.133 e. The molecule has 0 saturated carbocycles. The molecule has 2 nitrogen and oxygen atoms in total. The fourth-order valence-corrected chi connectivity index (χ4v) is 2.65. The molecule has 0 unspecified atom stereocenters. The second-order valence-corrected chi connectivity index (χ2v) is 5.19. The number of nitriles is 1. The lowest BCUT2D eigenvalue weighted by atomic mass is 10.2. The van der Waals surface area contributed by atoms with Crippen LogP contribution in [0.2, 0.25) is 0 Å². The summed E-state index contributed by atoms with van der Waals surface area (Å²) in [5.74, 6) is 0.897. The number of hydrogen-bond donors (Lipinski definition) is 0. The average Bonchev–Trinajstić information content (AvgIpc) is 2.48. The van der Waals surface area contributed by atoms with E-state index in [2.05, 4.69) is 31.2 Å². The van der Waals surface area contributed by atoms with Crippen LogP contribution in [0.3, 0.4) is 0 Å². The summed E-state index contributed by atoms with van der Waals surface area (Å²) in [5.41, 5.74) is 1.94. The fourth-order valence-electron chi connectivity index (χ4n) is 1.74. The van der Waals surface area contributed by atoms with Gasteiger partial charge in [0.15, 0.2) is 0 Å². The molecule has 0 N–H and O–H groups in total. The lowest BCUT2D eigenvalue weighted by Gasteiger charge is -2.09. The minimum absolute atomic E-state index is 0.678. The summed E-state index contributed by atoms with van der Waals surface area (Å²) in [7, 11) is 1.69. The minimum Gasteiger partial charge on any atom is -0.496 e. The molecule has 0 heterocycles. The van der Waals surface area contributed by atoms with Gasteiger partial charge in [-0.2, -0.15) is 5.26 Å². The maximum atomic E-state index is 8.78. The quantitative estimate of drug-likeness (QED) is 0.830. The Morgan fingerprint density at radius 3 is 2.47 bits per heavy atom. The fraction of sp³-hybridized carbons (Fsp3) is 0.188. The van der Waals surface area contributed by atoms with Crippen LogP contribution >= 0.6 is 11.8 Å². The molecule has 0 aliphatic rings. The van der Waals surface area contributed by atoms with E-state index < -0.39 is 0 Å². The van der Waals surface area contributed by atoms with Crippen molar-refractivity contribution in [2.24, 2.45) is 0 Å². The van der Waals surface area contributed by atoms with Gasteiger partial charge in [0.2, 0.25) is 0 Å². The summed E-state index contributed by atoms with van der Waals surface area (Å²) in [4.78, 5) is 2.19. The third kappa shape index (κ3) is 3.30. The molecule has 0 aromatic heterocycles. The predicted molar refractivity (Wildman–Crippen MR) is 77.7 cm³/mol. The van der Waals surface area contributed by atoms with Gasteiger partial charge in [-0.15, -0.1) is 0 Å². The van der Waals surface area contributed by atoms with E-state index in [9.17, 15) is 0 Å². The second kappa shape index (κ2) is 6.31. The number of hydrogen-bond acceptors (Lipinski definition) is 3. The molecule has 3 heteroatoms. The third-order valence-corrected chi connectivity index (χ3v) is 3.91. The lowest BCUT2D eigenvalue weighted by Crippen LogP contribution is -1.89. The number of nitrogens with zero attached hydrogens (tertiary/aromatic N) is 1. The zero-order valence-electron chi connectivity index (χ0n) is 11.0. The third-order valence-electron chi connectivity index (χ3n) is 2.85. The molecule has 0 spiro atoms. The first-order valence-corrected chi connectivity index (χ1v) is 6.93. The van der Waals surface area contributed by atoms with Crippen molar-refractivity contribution in [3.05, 3.63) is 53.6 Å². The molecule has 0 aliphatic heterocycles. The largest absolute Gasteiger partial charge is 0.496 e. The molecule has 0 amide bonds. The highest BCUT2D eigenvalue weighted by molar-refractivity contribution is 7.99. The summed E-state index contributed by atoms with van der Waals surface area (Å²) in [6.07, 6.45) is 0.998. The van der Waals surface area contributed by atoms with Crippen molar-refractivity contribution in [1.82, 2.24) is 0 Å². The molecule has 0 aliphatic carbocycles. The highest BCUT2D eigenvalue weighted by atomic mass is 32.2. The van der Waals surface area contributed by atoms with Crippen molar-refractivity contribution < 1.29 is 4.74 Å². The second-order valence-electron chi connectivity index (χ2n) is 4.08. The van der Waals surface area contributed by atoms with Crippen molar-refractivity contribution >= 4 is 11.8 Å². The maximum Gasteiger partial charge on any atom is 0.133 e. The highest BCUT2D eigenvalue weighted by Gasteiger charge is 2.06. The molecule has 0 saturated heterocycles. The number of rotatable bonds is 4. The lowest BCUT2D eigenvalue weighted by molar-refractivity contribution is 0.404. The summed E-state index contributed by atoms with van der Waals surface area (Å²) < 4.78 is 5.43. The summed E-state index contributed by atoms with van der Waals surface area (Å²) in [6.45, 7) is 2.13. The van der Waals surface area contributed by atoms with E-state index in [0.29, 0.717) is 5.56 Å². The monoisotopic (exact) mass is 269 g/mol. The van der Waals surface area contributed by atoms with E-state index in [4.69, 9.17) is 10.00 Å². The molecular weight excluding hydrogens is 254 g/mol. The molecule has 0 fully saturated rings. The van der Waals surface area contributed by atoms with E-state index in [1.807, 2.05) is 24.3 Å². The number of aryl methyl sites for hydroxylation is 1.